The van der Waals surface area contributed by atoms with E-state index < -0.39 is 11.6 Å². The van der Waals surface area contributed by atoms with Gasteiger partial charge in [0, 0.05) is 6.61 Å². The molecular weight excluding hydrogens is 430 g/mol. The second-order valence-corrected chi connectivity index (χ2v) is 11.3. The molecule has 1 aliphatic heterocycles. The van der Waals surface area contributed by atoms with Crippen LogP contribution in [0.4, 0.5) is 8.78 Å². The fourth-order valence-corrected chi connectivity index (χ4v) is 7.13. The highest BCUT2D eigenvalue weighted by atomic mass is 19.2. The molecule has 3 aliphatic rings. The molecule has 2 atom stereocenters. The van der Waals surface area contributed by atoms with Gasteiger partial charge in [0.2, 0.25) is 5.82 Å². The summed E-state index contributed by atoms with van der Waals surface area (Å²) in [6.07, 6.45) is 18.0. The van der Waals surface area contributed by atoms with E-state index in [-0.39, 0.29) is 11.7 Å². The Labute approximate surface area is 206 Å². The number of benzene rings is 1. The molecule has 2 aliphatic carbocycles. The second-order valence-electron chi connectivity index (χ2n) is 11.3. The molecule has 1 saturated heterocycles. The number of hydrogen-bond acceptors (Lipinski definition) is 2. The molecule has 2 saturated carbocycles. The maximum atomic E-state index is 14.7. The first-order valence-corrected chi connectivity index (χ1v) is 14.3. The minimum atomic E-state index is -0.822. The minimum Gasteiger partial charge on any atom is -0.491 e. The summed E-state index contributed by atoms with van der Waals surface area (Å²) in [4.78, 5) is 0. The Balaban J connectivity index is 1.19. The predicted molar refractivity (Wildman–Crippen MR) is 134 cm³/mol. The molecule has 4 rings (SSSR count). The van der Waals surface area contributed by atoms with Crippen molar-refractivity contribution in [3.05, 3.63) is 29.3 Å². The van der Waals surface area contributed by atoms with Gasteiger partial charge < -0.3 is 9.47 Å². The quantitative estimate of drug-likeness (QED) is 0.331. The molecule has 0 aromatic heterocycles. The summed E-state index contributed by atoms with van der Waals surface area (Å²) < 4.78 is 40.6. The number of halogens is 2. The zero-order chi connectivity index (χ0) is 23.9. The monoisotopic (exact) mass is 476 g/mol. The molecule has 192 valence electrons. The summed E-state index contributed by atoms with van der Waals surface area (Å²) in [6, 6.07) is 3.35. The number of unbranched alkanes of at least 4 members (excludes halogenated alkanes) is 2. The van der Waals surface area contributed by atoms with E-state index in [2.05, 4.69) is 6.92 Å². The zero-order valence-corrected chi connectivity index (χ0v) is 21.5. The third-order valence-electron chi connectivity index (χ3n) is 9.22. The van der Waals surface area contributed by atoms with Crippen LogP contribution in [0.5, 0.6) is 5.75 Å². The van der Waals surface area contributed by atoms with Crippen molar-refractivity contribution in [1.82, 2.24) is 0 Å². The van der Waals surface area contributed by atoms with Crippen LogP contribution in [0, 0.1) is 35.3 Å². The molecule has 1 aromatic carbocycles. The summed E-state index contributed by atoms with van der Waals surface area (Å²) in [6.45, 7) is 5.39. The Bertz CT molecular complexity index is 742. The summed E-state index contributed by atoms with van der Waals surface area (Å²) >= 11 is 0. The van der Waals surface area contributed by atoms with Crippen LogP contribution in [0.15, 0.2) is 12.1 Å². The van der Waals surface area contributed by atoms with Crippen LogP contribution in [-0.4, -0.2) is 19.3 Å². The van der Waals surface area contributed by atoms with Crippen LogP contribution >= 0.6 is 0 Å². The van der Waals surface area contributed by atoms with Crippen molar-refractivity contribution < 1.29 is 18.3 Å². The van der Waals surface area contributed by atoms with Gasteiger partial charge in [0.05, 0.1) is 12.7 Å². The van der Waals surface area contributed by atoms with Crippen LogP contribution in [0.3, 0.4) is 0 Å². The van der Waals surface area contributed by atoms with Gasteiger partial charge in [-0.3, -0.25) is 0 Å². The molecule has 1 aromatic rings. The van der Waals surface area contributed by atoms with Crippen molar-refractivity contribution in [2.75, 3.05) is 13.2 Å². The Morgan fingerprint density at radius 1 is 0.794 bits per heavy atom. The highest BCUT2D eigenvalue weighted by Gasteiger charge is 2.36. The van der Waals surface area contributed by atoms with Crippen molar-refractivity contribution >= 4 is 0 Å². The van der Waals surface area contributed by atoms with Gasteiger partial charge in [0.25, 0.3) is 0 Å². The van der Waals surface area contributed by atoms with E-state index in [4.69, 9.17) is 9.47 Å². The van der Waals surface area contributed by atoms with E-state index in [0.29, 0.717) is 18.3 Å². The van der Waals surface area contributed by atoms with Gasteiger partial charge in [-0.1, -0.05) is 32.3 Å². The molecule has 3 fully saturated rings. The van der Waals surface area contributed by atoms with Crippen molar-refractivity contribution in [2.45, 2.75) is 116 Å². The molecule has 0 radical (unpaired) electrons. The molecule has 0 spiro atoms. The maximum absolute atomic E-state index is 14.7. The first-order chi connectivity index (χ1) is 16.6. The average Bonchev–Trinajstić information content (AvgIpc) is 2.88. The molecule has 0 unspecified atom stereocenters. The first-order valence-electron chi connectivity index (χ1n) is 14.3. The largest absolute Gasteiger partial charge is 0.491 e. The Hall–Kier alpha value is -1.16. The number of ether oxygens (including phenoxy) is 2. The summed E-state index contributed by atoms with van der Waals surface area (Å²) in [7, 11) is 0. The normalized spacial score (nSPS) is 32.5. The van der Waals surface area contributed by atoms with Crippen LogP contribution < -0.4 is 4.74 Å². The van der Waals surface area contributed by atoms with E-state index >= 15 is 0 Å². The summed E-state index contributed by atoms with van der Waals surface area (Å²) in [5.74, 6) is 1.76. The fraction of sp³-hybridized carbons (Fsp3) is 0.800. The lowest BCUT2D eigenvalue weighted by Crippen LogP contribution is -2.35. The fourth-order valence-electron chi connectivity index (χ4n) is 7.13. The summed E-state index contributed by atoms with van der Waals surface area (Å²) in [5.41, 5.74) is 0.547. The van der Waals surface area contributed by atoms with Crippen molar-refractivity contribution in [1.29, 1.82) is 0 Å². The van der Waals surface area contributed by atoms with E-state index in [1.54, 1.807) is 19.1 Å². The van der Waals surface area contributed by atoms with Crippen molar-refractivity contribution in [3.63, 3.8) is 0 Å². The minimum absolute atomic E-state index is 0.0307. The van der Waals surface area contributed by atoms with E-state index in [1.807, 2.05) is 0 Å². The highest BCUT2D eigenvalue weighted by molar-refractivity contribution is 5.33. The molecule has 1 heterocycles. The first kappa shape index (κ1) is 25.9. The van der Waals surface area contributed by atoms with E-state index in [1.165, 1.54) is 64.2 Å². The topological polar surface area (TPSA) is 18.5 Å². The van der Waals surface area contributed by atoms with Gasteiger partial charge in [0.15, 0.2) is 11.6 Å². The Kier molecular flexibility index (Phi) is 9.68. The molecule has 4 heteroatoms. The third-order valence-corrected chi connectivity index (χ3v) is 9.22. The van der Waals surface area contributed by atoms with Crippen molar-refractivity contribution in [2.24, 2.45) is 23.7 Å². The van der Waals surface area contributed by atoms with Gasteiger partial charge in [-0.15, -0.1) is 0 Å². The van der Waals surface area contributed by atoms with Gasteiger partial charge in [0.1, 0.15) is 0 Å². The SMILES string of the molecule is CCCCC[C@H]1CC[C@H](C2CCC(C3CCC(c4ccc(OCC)c(F)c4F)CC3)CC2)OC1. The lowest BCUT2D eigenvalue weighted by molar-refractivity contribution is -0.0619. The van der Waals surface area contributed by atoms with Gasteiger partial charge in [-0.05, 0) is 119 Å². The second kappa shape index (κ2) is 12.7. The standard InChI is InChI=1S/C30H46F2O2/c1-3-5-6-7-21-8-18-27(34-20-21)25-15-11-23(12-16-25)22-9-13-24(14-10-22)26-17-19-28(33-4-2)30(32)29(26)31/h17,19,21-25,27H,3-16,18,20H2,1-2H3/t21-,22?,23?,24?,25?,27+/m0/s1. The molecule has 0 bridgehead atoms. The molecule has 34 heavy (non-hydrogen) atoms. The average molecular weight is 477 g/mol. The smallest absolute Gasteiger partial charge is 0.200 e. The van der Waals surface area contributed by atoms with E-state index in [9.17, 15) is 8.78 Å². The number of rotatable bonds is 9. The lowest BCUT2D eigenvalue weighted by atomic mass is 9.67. The van der Waals surface area contributed by atoms with Crippen LogP contribution in [0.25, 0.3) is 0 Å². The van der Waals surface area contributed by atoms with Crippen LogP contribution in [-0.2, 0) is 4.74 Å². The molecule has 0 amide bonds. The molecule has 0 N–H and O–H groups in total. The van der Waals surface area contributed by atoms with Crippen LogP contribution in [0.2, 0.25) is 0 Å². The molecular formula is C30H46F2O2. The van der Waals surface area contributed by atoms with Crippen LogP contribution in [0.1, 0.15) is 115 Å². The Morgan fingerprint density at radius 3 is 2.09 bits per heavy atom. The molecule has 2 nitrogen and oxygen atoms in total. The summed E-state index contributed by atoms with van der Waals surface area (Å²) in [5, 5.41) is 0. The highest BCUT2D eigenvalue weighted by Crippen LogP contribution is 2.46. The predicted octanol–water partition coefficient (Wildman–Crippen LogP) is 8.82. The van der Waals surface area contributed by atoms with Gasteiger partial charge in [-0.25, -0.2) is 4.39 Å². The number of hydrogen-bond donors (Lipinski definition) is 0. The van der Waals surface area contributed by atoms with Gasteiger partial charge >= 0.3 is 0 Å². The lowest BCUT2D eigenvalue weighted by Gasteiger charge is -2.41. The van der Waals surface area contributed by atoms with Crippen molar-refractivity contribution in [3.8, 4) is 5.75 Å². The maximum Gasteiger partial charge on any atom is 0.200 e. The third kappa shape index (κ3) is 6.33. The van der Waals surface area contributed by atoms with Gasteiger partial charge in [-0.2, -0.15) is 4.39 Å². The zero-order valence-electron chi connectivity index (χ0n) is 21.5. The van der Waals surface area contributed by atoms with E-state index in [0.717, 1.165) is 56.0 Å². The Morgan fingerprint density at radius 2 is 1.47 bits per heavy atom.